The Labute approximate surface area is 153 Å². The van der Waals surface area contributed by atoms with Gasteiger partial charge in [-0.3, -0.25) is 0 Å². The first-order valence-corrected chi connectivity index (χ1v) is 9.23. The van der Waals surface area contributed by atoms with Crippen molar-refractivity contribution in [3.8, 4) is 0 Å². The molecule has 1 N–H and O–H groups in total. The molecule has 1 aromatic carbocycles. The van der Waals surface area contributed by atoms with Crippen molar-refractivity contribution in [1.29, 1.82) is 0 Å². The minimum absolute atomic E-state index is 0.143. The predicted octanol–water partition coefficient (Wildman–Crippen LogP) is 5.07. The van der Waals surface area contributed by atoms with Crippen LogP contribution in [-0.2, 0) is 4.74 Å². The topological polar surface area (TPSA) is 41.6 Å². The van der Waals surface area contributed by atoms with E-state index in [0.29, 0.717) is 11.5 Å². The van der Waals surface area contributed by atoms with Crippen LogP contribution in [0.15, 0.2) is 18.2 Å². The quantitative estimate of drug-likeness (QED) is 0.792. The highest BCUT2D eigenvalue weighted by Gasteiger charge is 2.46. The molecule has 2 aliphatic rings. The molecule has 1 heterocycles. The third-order valence-corrected chi connectivity index (χ3v) is 5.41. The van der Waals surface area contributed by atoms with Crippen LogP contribution in [0.5, 0.6) is 0 Å². The van der Waals surface area contributed by atoms with Crippen molar-refractivity contribution in [1.82, 2.24) is 4.90 Å². The molecule has 138 valence electrons. The zero-order valence-electron chi connectivity index (χ0n) is 15.1. The normalized spacial score (nSPS) is 20.3. The molecule has 0 aromatic heterocycles. The zero-order chi connectivity index (χ0) is 18.2. The van der Waals surface area contributed by atoms with E-state index >= 15 is 0 Å². The molecule has 6 heteroatoms. The lowest BCUT2D eigenvalue weighted by Crippen LogP contribution is -2.53. The van der Waals surface area contributed by atoms with Gasteiger partial charge in [-0.15, -0.1) is 0 Å². The summed E-state index contributed by atoms with van der Waals surface area (Å²) in [4.78, 5) is 14.0. The number of anilines is 1. The molecule has 1 aliphatic heterocycles. The number of halogens is 2. The van der Waals surface area contributed by atoms with E-state index in [9.17, 15) is 9.18 Å². The monoisotopic (exact) mass is 368 g/mol. The molecule has 0 unspecified atom stereocenters. The number of carbonyl (C=O) groups excluding carboxylic acids is 1. The molecular formula is C19H26ClFN2O2. The summed E-state index contributed by atoms with van der Waals surface area (Å²) >= 11 is 5.83. The van der Waals surface area contributed by atoms with Gasteiger partial charge in [0.05, 0.1) is 5.02 Å². The average Bonchev–Trinajstić information content (AvgIpc) is 2.48. The molecule has 25 heavy (non-hydrogen) atoms. The van der Waals surface area contributed by atoms with Crippen LogP contribution in [0.25, 0.3) is 0 Å². The van der Waals surface area contributed by atoms with Crippen LogP contribution in [0.3, 0.4) is 0 Å². The van der Waals surface area contributed by atoms with Crippen molar-refractivity contribution >= 4 is 23.4 Å². The minimum atomic E-state index is -0.450. The fourth-order valence-corrected chi connectivity index (χ4v) is 3.99. The summed E-state index contributed by atoms with van der Waals surface area (Å²) in [5, 5.41) is 3.57. The first-order valence-electron chi connectivity index (χ1n) is 8.85. The van der Waals surface area contributed by atoms with E-state index in [1.54, 1.807) is 12.1 Å². The van der Waals surface area contributed by atoms with Crippen LogP contribution in [0.1, 0.15) is 46.5 Å². The summed E-state index contributed by atoms with van der Waals surface area (Å²) in [6.45, 7) is 7.18. The van der Waals surface area contributed by atoms with Gasteiger partial charge in [0, 0.05) is 24.8 Å². The molecule has 3 rings (SSSR count). The Morgan fingerprint density at radius 3 is 2.52 bits per heavy atom. The second-order valence-electron chi connectivity index (χ2n) is 8.35. The third kappa shape index (κ3) is 4.38. The van der Waals surface area contributed by atoms with E-state index in [1.807, 2.05) is 25.7 Å². The number of carbonyl (C=O) groups is 1. The molecule has 1 saturated heterocycles. The summed E-state index contributed by atoms with van der Waals surface area (Å²) < 4.78 is 18.7. The van der Waals surface area contributed by atoms with E-state index in [0.717, 1.165) is 44.5 Å². The number of hydrogen-bond donors (Lipinski definition) is 1. The summed E-state index contributed by atoms with van der Waals surface area (Å²) in [5.41, 5.74) is 0.728. The summed E-state index contributed by atoms with van der Waals surface area (Å²) in [7, 11) is 0. The Balaban J connectivity index is 1.46. The number of ether oxygens (including phenoxy) is 1. The summed E-state index contributed by atoms with van der Waals surface area (Å²) in [6.07, 6.45) is 3.95. The van der Waals surface area contributed by atoms with Crippen molar-refractivity contribution in [3.63, 3.8) is 0 Å². The van der Waals surface area contributed by atoms with Gasteiger partial charge in [0.25, 0.3) is 0 Å². The highest BCUT2D eigenvalue weighted by molar-refractivity contribution is 6.31. The lowest BCUT2D eigenvalue weighted by atomic mass is 9.60. The summed E-state index contributed by atoms with van der Waals surface area (Å²) in [5.74, 6) is -0.396. The Bertz CT molecular complexity index is 643. The number of piperidine rings is 1. The van der Waals surface area contributed by atoms with Crippen molar-refractivity contribution in [2.24, 2.45) is 5.41 Å². The number of nitrogens with zero attached hydrogens (tertiary/aromatic N) is 1. The fourth-order valence-electron chi connectivity index (χ4n) is 3.81. The molecule has 0 atom stereocenters. The molecule has 0 radical (unpaired) electrons. The van der Waals surface area contributed by atoms with Crippen LogP contribution in [0, 0.1) is 11.2 Å². The maximum absolute atomic E-state index is 13.2. The van der Waals surface area contributed by atoms with E-state index in [1.165, 1.54) is 6.07 Å². The maximum Gasteiger partial charge on any atom is 0.410 e. The Kier molecular flexibility index (Phi) is 4.89. The van der Waals surface area contributed by atoms with Crippen molar-refractivity contribution < 1.29 is 13.9 Å². The van der Waals surface area contributed by atoms with Crippen LogP contribution in [0.2, 0.25) is 5.02 Å². The Morgan fingerprint density at radius 1 is 1.32 bits per heavy atom. The van der Waals surface area contributed by atoms with Gasteiger partial charge in [0.15, 0.2) is 0 Å². The van der Waals surface area contributed by atoms with Crippen molar-refractivity contribution in [2.75, 3.05) is 18.4 Å². The lowest BCUT2D eigenvalue weighted by molar-refractivity contribution is -0.00859. The van der Waals surface area contributed by atoms with Crippen LogP contribution >= 0.6 is 11.6 Å². The summed E-state index contributed by atoms with van der Waals surface area (Å²) in [6, 6.07) is 5.12. The molecule has 4 nitrogen and oxygen atoms in total. The van der Waals surface area contributed by atoms with Crippen LogP contribution in [0.4, 0.5) is 14.9 Å². The number of hydrogen-bond acceptors (Lipinski definition) is 3. The smallest absolute Gasteiger partial charge is 0.410 e. The van der Waals surface area contributed by atoms with Gasteiger partial charge in [0.2, 0.25) is 0 Å². The van der Waals surface area contributed by atoms with Gasteiger partial charge < -0.3 is 15.0 Å². The van der Waals surface area contributed by atoms with Crippen LogP contribution < -0.4 is 5.32 Å². The van der Waals surface area contributed by atoms with Gasteiger partial charge in [-0.05, 0) is 70.1 Å². The number of amides is 1. The van der Waals surface area contributed by atoms with Crippen molar-refractivity contribution in [3.05, 3.63) is 29.0 Å². The molecule has 1 aromatic rings. The highest BCUT2D eigenvalue weighted by Crippen LogP contribution is 2.50. The van der Waals surface area contributed by atoms with Crippen molar-refractivity contribution in [2.45, 2.75) is 58.1 Å². The first-order chi connectivity index (χ1) is 11.7. The number of nitrogens with one attached hydrogen (secondary N) is 1. The number of likely N-dealkylation sites (tertiary alicyclic amines) is 1. The van der Waals surface area contributed by atoms with Crippen LogP contribution in [-0.4, -0.2) is 35.7 Å². The predicted molar refractivity (Wildman–Crippen MR) is 97.5 cm³/mol. The molecule has 2 fully saturated rings. The average molecular weight is 369 g/mol. The fraction of sp³-hybridized carbons (Fsp3) is 0.632. The molecular weight excluding hydrogens is 343 g/mol. The molecule has 1 saturated carbocycles. The number of benzene rings is 1. The van der Waals surface area contributed by atoms with E-state index in [4.69, 9.17) is 16.3 Å². The van der Waals surface area contributed by atoms with Gasteiger partial charge in [-0.1, -0.05) is 11.6 Å². The van der Waals surface area contributed by atoms with Gasteiger partial charge in [-0.25, -0.2) is 9.18 Å². The van der Waals surface area contributed by atoms with Gasteiger partial charge in [0.1, 0.15) is 11.4 Å². The second kappa shape index (κ2) is 6.67. The lowest BCUT2D eigenvalue weighted by Gasteiger charge is -2.52. The van der Waals surface area contributed by atoms with Gasteiger partial charge >= 0.3 is 6.09 Å². The largest absolute Gasteiger partial charge is 0.444 e. The van der Waals surface area contributed by atoms with Gasteiger partial charge in [-0.2, -0.15) is 0 Å². The molecule has 1 spiro atoms. The van der Waals surface area contributed by atoms with E-state index in [2.05, 4.69) is 5.32 Å². The number of rotatable bonds is 2. The SMILES string of the molecule is CC(C)(C)OC(=O)N1CCC2(CC1)CC(Nc1ccc(F)c(Cl)c1)C2. The standard InChI is InChI=1S/C19H26ClFN2O2/c1-18(2,3)25-17(24)23-8-6-19(7-9-23)11-14(12-19)22-13-4-5-16(21)15(20)10-13/h4-5,10,14,22H,6-9,11-12H2,1-3H3. The molecule has 1 amide bonds. The first kappa shape index (κ1) is 18.3. The third-order valence-electron chi connectivity index (χ3n) is 5.13. The molecule has 0 bridgehead atoms. The Hall–Kier alpha value is -1.49. The Morgan fingerprint density at radius 2 is 1.96 bits per heavy atom. The minimum Gasteiger partial charge on any atom is -0.444 e. The maximum atomic E-state index is 13.2. The highest BCUT2D eigenvalue weighted by atomic mass is 35.5. The zero-order valence-corrected chi connectivity index (χ0v) is 15.8. The van der Waals surface area contributed by atoms with E-state index in [-0.39, 0.29) is 11.1 Å². The second-order valence-corrected chi connectivity index (χ2v) is 8.75. The molecule has 1 aliphatic carbocycles. The van der Waals surface area contributed by atoms with E-state index < -0.39 is 11.4 Å².